The number of aromatic hydroxyl groups is 1. The average Bonchev–Trinajstić information content (AvgIpc) is 2.77. The molecule has 1 aliphatic heterocycles. The maximum absolute atomic E-state index is 13.8. The van der Waals surface area contributed by atoms with Crippen molar-refractivity contribution in [3.8, 4) is 11.5 Å². The van der Waals surface area contributed by atoms with Gasteiger partial charge in [0.05, 0.1) is 11.6 Å². The smallest absolute Gasteiger partial charge is 0.137 e. The number of nitrogens with zero attached hydrogens (tertiary/aromatic N) is 1. The van der Waals surface area contributed by atoms with E-state index in [9.17, 15) is 9.50 Å². The maximum atomic E-state index is 13.8. The highest BCUT2D eigenvalue weighted by Crippen LogP contribution is 2.36. The van der Waals surface area contributed by atoms with Gasteiger partial charge in [0.2, 0.25) is 0 Å². The molecule has 1 aliphatic rings. The molecule has 0 unspecified atom stereocenters. The van der Waals surface area contributed by atoms with E-state index < -0.39 is 6.17 Å². The normalized spacial score (nSPS) is 18.7. The number of phenols is 1. The van der Waals surface area contributed by atoms with Crippen LogP contribution in [0.3, 0.4) is 0 Å². The number of methoxy groups -OCH3 is 1. The standard InChI is InChI=1S/C23H19BrClFN2O2/c1-30-16-6-2-13(3-7-16)20-12-21(17-11-15(25)5-9-22(17)29)28-23(27-20)14-4-8-19(26)18(24)10-14/h2-11,21,23,28-29H,12H2,1H3/t21-,23-/m0/s1. The first-order valence-corrected chi connectivity index (χ1v) is 10.5. The van der Waals surface area contributed by atoms with Crippen molar-refractivity contribution in [2.75, 3.05) is 7.11 Å². The molecule has 7 heteroatoms. The molecule has 0 saturated heterocycles. The van der Waals surface area contributed by atoms with Crippen LogP contribution >= 0.6 is 27.5 Å². The molecule has 0 bridgehead atoms. The van der Waals surface area contributed by atoms with E-state index >= 15 is 0 Å². The third-order valence-corrected chi connectivity index (χ3v) is 5.93. The van der Waals surface area contributed by atoms with Crippen LogP contribution in [0.2, 0.25) is 5.02 Å². The lowest BCUT2D eigenvalue weighted by Crippen LogP contribution is -2.33. The van der Waals surface area contributed by atoms with Crippen LogP contribution in [0.1, 0.15) is 35.3 Å². The largest absolute Gasteiger partial charge is 0.508 e. The third kappa shape index (κ3) is 4.36. The van der Waals surface area contributed by atoms with Gasteiger partial charge in [-0.1, -0.05) is 17.7 Å². The second kappa shape index (κ2) is 8.76. The van der Waals surface area contributed by atoms with Gasteiger partial charge in [-0.25, -0.2) is 4.39 Å². The SMILES string of the molecule is COc1ccc(C2=N[C@H](c3ccc(F)c(Br)c3)N[C@H](c3cc(Cl)ccc3O)C2)cc1. The molecule has 0 amide bonds. The van der Waals surface area contributed by atoms with Crippen molar-refractivity contribution in [2.24, 2.45) is 4.99 Å². The van der Waals surface area contributed by atoms with E-state index in [0.29, 0.717) is 21.5 Å². The van der Waals surface area contributed by atoms with E-state index in [1.807, 2.05) is 24.3 Å². The summed E-state index contributed by atoms with van der Waals surface area (Å²) in [6.07, 6.45) is 0.134. The zero-order valence-corrected chi connectivity index (χ0v) is 18.4. The summed E-state index contributed by atoms with van der Waals surface area (Å²) >= 11 is 9.43. The Bertz CT molecular complexity index is 1100. The number of rotatable bonds is 4. The van der Waals surface area contributed by atoms with E-state index in [1.54, 1.807) is 37.4 Å². The Morgan fingerprint density at radius 1 is 1.13 bits per heavy atom. The van der Waals surface area contributed by atoms with Gasteiger partial charge in [0.1, 0.15) is 23.5 Å². The molecule has 154 valence electrons. The summed E-state index contributed by atoms with van der Waals surface area (Å²) in [7, 11) is 1.62. The lowest BCUT2D eigenvalue weighted by Gasteiger charge is -2.31. The monoisotopic (exact) mass is 488 g/mol. The van der Waals surface area contributed by atoms with Crippen molar-refractivity contribution in [1.29, 1.82) is 0 Å². The summed E-state index contributed by atoms with van der Waals surface area (Å²) in [5.41, 5.74) is 3.32. The van der Waals surface area contributed by atoms with Gasteiger partial charge in [-0.15, -0.1) is 0 Å². The number of aliphatic imine (C=N–C) groups is 1. The molecular weight excluding hydrogens is 471 g/mol. The van der Waals surface area contributed by atoms with E-state index in [4.69, 9.17) is 21.3 Å². The van der Waals surface area contributed by atoms with Gasteiger partial charge in [0, 0.05) is 28.8 Å². The van der Waals surface area contributed by atoms with Crippen molar-refractivity contribution in [2.45, 2.75) is 18.6 Å². The van der Waals surface area contributed by atoms with Gasteiger partial charge < -0.3 is 9.84 Å². The minimum Gasteiger partial charge on any atom is -0.508 e. The van der Waals surface area contributed by atoms with Gasteiger partial charge in [0.25, 0.3) is 0 Å². The number of ether oxygens (including phenoxy) is 1. The van der Waals surface area contributed by atoms with E-state index in [1.165, 1.54) is 6.07 Å². The summed E-state index contributed by atoms with van der Waals surface area (Å²) in [6, 6.07) is 17.3. The van der Waals surface area contributed by atoms with Crippen molar-refractivity contribution < 1.29 is 14.2 Å². The molecule has 0 spiro atoms. The minimum atomic E-state index is -0.420. The van der Waals surface area contributed by atoms with Crippen molar-refractivity contribution in [3.05, 3.63) is 92.7 Å². The molecule has 3 aromatic rings. The Kier molecular flexibility index (Phi) is 6.09. The van der Waals surface area contributed by atoms with E-state index in [-0.39, 0.29) is 17.6 Å². The van der Waals surface area contributed by atoms with Gasteiger partial charge >= 0.3 is 0 Å². The van der Waals surface area contributed by atoms with Crippen LogP contribution in [-0.2, 0) is 0 Å². The number of nitrogens with one attached hydrogen (secondary N) is 1. The molecular formula is C23H19BrClFN2O2. The Morgan fingerprint density at radius 2 is 1.90 bits per heavy atom. The molecule has 4 rings (SSSR count). The van der Waals surface area contributed by atoms with Crippen molar-refractivity contribution in [3.63, 3.8) is 0 Å². The van der Waals surface area contributed by atoms with Crippen LogP contribution in [0, 0.1) is 5.82 Å². The number of phenolic OH excluding ortho intramolecular Hbond substituents is 1. The Balaban J connectivity index is 1.77. The predicted molar refractivity (Wildman–Crippen MR) is 120 cm³/mol. The van der Waals surface area contributed by atoms with Gasteiger partial charge in [-0.2, -0.15) is 0 Å². The van der Waals surface area contributed by atoms with Crippen LogP contribution in [0.4, 0.5) is 4.39 Å². The Morgan fingerprint density at radius 3 is 2.60 bits per heavy atom. The average molecular weight is 490 g/mol. The Labute approximate surface area is 187 Å². The van der Waals surface area contributed by atoms with Crippen LogP contribution in [0.5, 0.6) is 11.5 Å². The second-order valence-corrected chi connectivity index (χ2v) is 8.30. The second-order valence-electron chi connectivity index (χ2n) is 7.01. The van der Waals surface area contributed by atoms with Crippen LogP contribution < -0.4 is 10.1 Å². The zero-order valence-electron chi connectivity index (χ0n) is 16.1. The number of halogens is 3. The topological polar surface area (TPSA) is 53.8 Å². The minimum absolute atomic E-state index is 0.159. The fraction of sp³-hybridized carbons (Fsp3) is 0.174. The fourth-order valence-corrected chi connectivity index (χ4v) is 4.10. The number of benzene rings is 3. The quantitative estimate of drug-likeness (QED) is 0.460. The fourth-order valence-electron chi connectivity index (χ4n) is 3.52. The molecule has 0 fully saturated rings. The number of hydrogen-bond donors (Lipinski definition) is 2. The van der Waals surface area contributed by atoms with Gasteiger partial charge in [-0.3, -0.25) is 10.3 Å². The van der Waals surface area contributed by atoms with Crippen LogP contribution in [-0.4, -0.2) is 17.9 Å². The first kappa shape index (κ1) is 20.8. The molecule has 0 aliphatic carbocycles. The summed E-state index contributed by atoms with van der Waals surface area (Å²) in [6.45, 7) is 0. The zero-order chi connectivity index (χ0) is 21.3. The summed E-state index contributed by atoms with van der Waals surface area (Å²) in [4.78, 5) is 4.88. The first-order valence-electron chi connectivity index (χ1n) is 9.35. The van der Waals surface area contributed by atoms with Crippen molar-refractivity contribution in [1.82, 2.24) is 5.32 Å². The lowest BCUT2D eigenvalue weighted by molar-refractivity contribution is 0.412. The Hall–Kier alpha value is -2.41. The molecule has 2 atom stereocenters. The molecule has 0 radical (unpaired) electrons. The van der Waals surface area contributed by atoms with E-state index in [0.717, 1.165) is 22.6 Å². The third-order valence-electron chi connectivity index (χ3n) is 5.09. The van der Waals surface area contributed by atoms with Gasteiger partial charge in [-0.05, 0) is 81.7 Å². The highest BCUT2D eigenvalue weighted by Gasteiger charge is 2.28. The van der Waals surface area contributed by atoms with Crippen LogP contribution in [0.25, 0.3) is 0 Å². The predicted octanol–water partition coefficient (Wildman–Crippen LogP) is 6.18. The first-order chi connectivity index (χ1) is 14.4. The van der Waals surface area contributed by atoms with Crippen LogP contribution in [0.15, 0.2) is 70.1 Å². The molecule has 3 aromatic carbocycles. The van der Waals surface area contributed by atoms with Gasteiger partial charge in [0.15, 0.2) is 0 Å². The molecule has 0 aromatic heterocycles. The summed E-state index contributed by atoms with van der Waals surface area (Å²) in [5, 5.41) is 14.4. The summed E-state index contributed by atoms with van der Waals surface area (Å²) < 4.78 is 19.4. The highest BCUT2D eigenvalue weighted by molar-refractivity contribution is 9.10. The summed E-state index contributed by atoms with van der Waals surface area (Å²) in [5.74, 6) is 0.584. The molecule has 0 saturated carbocycles. The molecule has 4 nitrogen and oxygen atoms in total. The molecule has 1 heterocycles. The highest BCUT2D eigenvalue weighted by atomic mass is 79.9. The lowest BCUT2D eigenvalue weighted by atomic mass is 9.93. The number of hydrogen-bond acceptors (Lipinski definition) is 4. The molecule has 2 N–H and O–H groups in total. The van der Waals surface area contributed by atoms with Crippen molar-refractivity contribution >= 4 is 33.2 Å². The van der Waals surface area contributed by atoms with E-state index in [2.05, 4.69) is 21.2 Å². The maximum Gasteiger partial charge on any atom is 0.137 e. The molecule has 30 heavy (non-hydrogen) atoms.